The highest BCUT2D eigenvalue weighted by atomic mass is 35.5. The van der Waals surface area contributed by atoms with Crippen molar-refractivity contribution in [3.8, 4) is 0 Å². The lowest BCUT2D eigenvalue weighted by molar-refractivity contribution is -0.135. The maximum Gasteiger partial charge on any atom is 0.340 e. The molecule has 8 heteroatoms. The Morgan fingerprint density at radius 3 is 2.89 bits per heavy atom. The molecule has 1 atom stereocenters. The molecular formula is C20H18ClN3O3S. The molecule has 1 aromatic carbocycles. The smallest absolute Gasteiger partial charge is 0.340 e. The van der Waals surface area contributed by atoms with Crippen molar-refractivity contribution in [2.75, 3.05) is 19.7 Å². The first kappa shape index (κ1) is 18.8. The van der Waals surface area contributed by atoms with Crippen molar-refractivity contribution in [3.05, 3.63) is 58.3 Å². The van der Waals surface area contributed by atoms with Crippen LogP contribution in [0.1, 0.15) is 34.1 Å². The molecule has 0 radical (unpaired) electrons. The fourth-order valence-electron chi connectivity index (χ4n) is 3.27. The van der Waals surface area contributed by atoms with Crippen LogP contribution in [0, 0.1) is 0 Å². The third kappa shape index (κ3) is 4.15. The Morgan fingerprint density at radius 2 is 2.11 bits per heavy atom. The van der Waals surface area contributed by atoms with Crippen LogP contribution in [0.15, 0.2) is 42.6 Å². The van der Waals surface area contributed by atoms with Gasteiger partial charge in [-0.25, -0.2) is 14.8 Å². The second-order valence-electron chi connectivity index (χ2n) is 6.64. The number of pyridine rings is 1. The molecule has 0 N–H and O–H groups in total. The fourth-order valence-corrected chi connectivity index (χ4v) is 4.47. The van der Waals surface area contributed by atoms with Crippen molar-refractivity contribution in [2.45, 2.75) is 18.8 Å². The summed E-state index contributed by atoms with van der Waals surface area (Å²) in [6, 6.07) is 11.1. The molecule has 1 saturated heterocycles. The van der Waals surface area contributed by atoms with Crippen LogP contribution in [0.4, 0.5) is 0 Å². The third-order valence-corrected chi connectivity index (χ3v) is 6.15. The molecule has 0 spiro atoms. The molecule has 1 aliphatic rings. The van der Waals surface area contributed by atoms with E-state index in [0.29, 0.717) is 18.2 Å². The Morgan fingerprint density at radius 1 is 1.25 bits per heavy atom. The molecule has 144 valence electrons. The third-order valence-electron chi connectivity index (χ3n) is 4.72. The van der Waals surface area contributed by atoms with E-state index in [-0.39, 0.29) is 24.0 Å². The topological polar surface area (TPSA) is 72.4 Å². The van der Waals surface area contributed by atoms with Crippen molar-refractivity contribution in [1.29, 1.82) is 0 Å². The first-order chi connectivity index (χ1) is 13.6. The van der Waals surface area contributed by atoms with Gasteiger partial charge in [0.15, 0.2) is 6.61 Å². The minimum Gasteiger partial charge on any atom is -0.452 e. The van der Waals surface area contributed by atoms with Gasteiger partial charge in [-0.3, -0.25) is 4.79 Å². The van der Waals surface area contributed by atoms with Gasteiger partial charge < -0.3 is 9.64 Å². The van der Waals surface area contributed by atoms with Crippen LogP contribution in [0.25, 0.3) is 10.2 Å². The van der Waals surface area contributed by atoms with Crippen LogP contribution in [0.2, 0.25) is 5.15 Å². The molecule has 0 saturated carbocycles. The molecular weight excluding hydrogens is 398 g/mol. The van der Waals surface area contributed by atoms with Crippen molar-refractivity contribution >= 4 is 45.0 Å². The molecule has 6 nitrogen and oxygen atoms in total. The van der Waals surface area contributed by atoms with Gasteiger partial charge in [0.25, 0.3) is 5.91 Å². The number of halogens is 1. The maximum atomic E-state index is 12.5. The van der Waals surface area contributed by atoms with E-state index < -0.39 is 5.97 Å². The van der Waals surface area contributed by atoms with Gasteiger partial charge in [-0.15, -0.1) is 11.3 Å². The Balaban J connectivity index is 1.36. The van der Waals surface area contributed by atoms with Gasteiger partial charge in [0.1, 0.15) is 5.15 Å². The number of thiazole rings is 1. The van der Waals surface area contributed by atoms with Gasteiger partial charge in [0, 0.05) is 25.2 Å². The van der Waals surface area contributed by atoms with Crippen LogP contribution in [0.5, 0.6) is 0 Å². The number of carbonyl (C=O) groups is 2. The molecule has 4 rings (SSSR count). The predicted octanol–water partition coefficient (Wildman–Crippen LogP) is 3.91. The van der Waals surface area contributed by atoms with E-state index in [1.54, 1.807) is 16.2 Å². The molecule has 3 aromatic rings. The molecule has 1 amide bonds. The van der Waals surface area contributed by atoms with E-state index in [2.05, 4.69) is 11.1 Å². The highest BCUT2D eigenvalue weighted by Crippen LogP contribution is 2.32. The number of fused-ring (bicyclic) bond motifs is 1. The molecule has 28 heavy (non-hydrogen) atoms. The van der Waals surface area contributed by atoms with Crippen molar-refractivity contribution in [3.63, 3.8) is 0 Å². The first-order valence-electron chi connectivity index (χ1n) is 9.02. The van der Waals surface area contributed by atoms with E-state index in [4.69, 9.17) is 21.3 Å². The molecule has 0 bridgehead atoms. The number of rotatable bonds is 4. The number of piperidine rings is 1. The molecule has 1 aliphatic heterocycles. The zero-order valence-electron chi connectivity index (χ0n) is 15.0. The van der Waals surface area contributed by atoms with Crippen LogP contribution < -0.4 is 0 Å². The zero-order valence-corrected chi connectivity index (χ0v) is 16.6. The Kier molecular flexibility index (Phi) is 5.54. The van der Waals surface area contributed by atoms with Crippen LogP contribution in [-0.4, -0.2) is 46.4 Å². The van der Waals surface area contributed by atoms with E-state index in [9.17, 15) is 9.59 Å². The van der Waals surface area contributed by atoms with Crippen molar-refractivity contribution in [1.82, 2.24) is 14.9 Å². The summed E-state index contributed by atoms with van der Waals surface area (Å²) in [5, 5.41) is 1.35. The number of likely N-dealkylation sites (tertiary alicyclic amines) is 1. The number of amides is 1. The monoisotopic (exact) mass is 415 g/mol. The van der Waals surface area contributed by atoms with E-state index in [1.165, 1.54) is 18.3 Å². The highest BCUT2D eigenvalue weighted by molar-refractivity contribution is 7.18. The summed E-state index contributed by atoms with van der Waals surface area (Å²) in [6.45, 7) is 0.979. The van der Waals surface area contributed by atoms with Gasteiger partial charge in [0.2, 0.25) is 0 Å². The lowest BCUT2D eigenvalue weighted by Crippen LogP contribution is -2.41. The normalized spacial score (nSPS) is 16.9. The van der Waals surface area contributed by atoms with Crippen LogP contribution in [0.3, 0.4) is 0 Å². The highest BCUT2D eigenvalue weighted by Gasteiger charge is 2.27. The summed E-state index contributed by atoms with van der Waals surface area (Å²) in [5.41, 5.74) is 1.26. The Bertz CT molecular complexity index is 972. The Hall–Kier alpha value is -2.51. The lowest BCUT2D eigenvalue weighted by Gasteiger charge is -2.31. The minimum atomic E-state index is -0.586. The largest absolute Gasteiger partial charge is 0.452 e. The SMILES string of the molecule is O=C(OCC(=O)N1CCC[C@H](c2nc3ccccc3s2)C1)c1ccc(Cl)nc1. The number of carbonyl (C=O) groups excluding carboxylic acids is 2. The van der Waals surface area contributed by atoms with Crippen molar-refractivity contribution in [2.24, 2.45) is 0 Å². The number of hydrogen-bond acceptors (Lipinski definition) is 6. The molecule has 2 aromatic heterocycles. The summed E-state index contributed by atoms with van der Waals surface area (Å²) in [6.07, 6.45) is 3.24. The van der Waals surface area contributed by atoms with Gasteiger partial charge >= 0.3 is 5.97 Å². The Labute approximate surface area is 171 Å². The summed E-state index contributed by atoms with van der Waals surface area (Å²) >= 11 is 7.39. The molecule has 3 heterocycles. The second-order valence-corrected chi connectivity index (χ2v) is 8.09. The van der Waals surface area contributed by atoms with Crippen LogP contribution >= 0.6 is 22.9 Å². The van der Waals surface area contributed by atoms with Gasteiger partial charge in [0.05, 0.1) is 20.8 Å². The number of nitrogens with zero attached hydrogens (tertiary/aromatic N) is 3. The van der Waals surface area contributed by atoms with Gasteiger partial charge in [-0.05, 0) is 37.1 Å². The summed E-state index contributed by atoms with van der Waals surface area (Å²) in [7, 11) is 0. The predicted molar refractivity (Wildman–Crippen MR) is 108 cm³/mol. The summed E-state index contributed by atoms with van der Waals surface area (Å²) in [4.78, 5) is 34.9. The van der Waals surface area contributed by atoms with E-state index in [1.807, 2.05) is 18.2 Å². The average Bonchev–Trinajstić information content (AvgIpc) is 3.17. The number of para-hydroxylation sites is 1. The number of hydrogen-bond donors (Lipinski definition) is 0. The fraction of sp³-hybridized carbons (Fsp3) is 0.300. The lowest BCUT2D eigenvalue weighted by atomic mass is 9.99. The number of aromatic nitrogens is 2. The number of ether oxygens (including phenoxy) is 1. The standard InChI is InChI=1S/C20H18ClN3O3S/c21-17-8-7-13(10-22-17)20(26)27-12-18(25)24-9-3-4-14(11-24)19-23-15-5-1-2-6-16(15)28-19/h1-2,5-8,10,14H,3-4,9,11-12H2/t14-/m0/s1. The molecule has 1 fully saturated rings. The van der Waals surface area contributed by atoms with Crippen molar-refractivity contribution < 1.29 is 14.3 Å². The van der Waals surface area contributed by atoms with Gasteiger partial charge in [-0.1, -0.05) is 23.7 Å². The summed E-state index contributed by atoms with van der Waals surface area (Å²) in [5.74, 6) is -0.565. The van der Waals surface area contributed by atoms with Crippen LogP contribution in [-0.2, 0) is 9.53 Å². The van der Waals surface area contributed by atoms with Gasteiger partial charge in [-0.2, -0.15) is 0 Å². The quantitative estimate of drug-likeness (QED) is 0.477. The second kappa shape index (κ2) is 8.24. The maximum absolute atomic E-state index is 12.5. The molecule has 0 aliphatic carbocycles. The van der Waals surface area contributed by atoms with E-state index >= 15 is 0 Å². The number of benzene rings is 1. The average molecular weight is 416 g/mol. The number of esters is 1. The minimum absolute atomic E-state index is 0.193. The molecule has 0 unspecified atom stereocenters. The van der Waals surface area contributed by atoms with E-state index in [0.717, 1.165) is 28.1 Å². The first-order valence-corrected chi connectivity index (χ1v) is 10.2. The zero-order chi connectivity index (χ0) is 19.5. The summed E-state index contributed by atoms with van der Waals surface area (Å²) < 4.78 is 6.30.